The summed E-state index contributed by atoms with van der Waals surface area (Å²) in [4.78, 5) is 69.0. The molecule has 2 aromatic carbocycles. The minimum Gasteiger partial charge on any atom is -0.459 e. The van der Waals surface area contributed by atoms with Gasteiger partial charge < -0.3 is 29.3 Å². The highest BCUT2D eigenvalue weighted by Crippen LogP contribution is 2.35. The number of amides is 3. The molecule has 3 amide bonds. The Hall–Kier alpha value is -4.41. The molecule has 2 aromatic rings. The Morgan fingerprint density at radius 1 is 0.841 bits per heavy atom. The van der Waals surface area contributed by atoms with E-state index in [9.17, 15) is 24.0 Å². The predicted molar refractivity (Wildman–Crippen MR) is 160 cm³/mol. The Bertz CT molecular complexity index is 1280. The first-order valence-corrected chi connectivity index (χ1v) is 14.9. The van der Waals surface area contributed by atoms with Gasteiger partial charge in [-0.05, 0) is 50.7 Å². The molecule has 0 spiro atoms. The second-order valence-electron chi connectivity index (χ2n) is 12.4. The fraction of sp³-hybridized carbons (Fsp3) is 0.485. The van der Waals surface area contributed by atoms with Crippen molar-refractivity contribution >= 4 is 29.8 Å². The molecule has 0 unspecified atom stereocenters. The van der Waals surface area contributed by atoms with Crippen LogP contribution >= 0.6 is 0 Å². The van der Waals surface area contributed by atoms with E-state index in [0.717, 1.165) is 16.0 Å². The first-order chi connectivity index (χ1) is 20.9. The number of nitrogens with one attached hydrogen (secondary N) is 1. The maximum absolute atomic E-state index is 13.9. The van der Waals surface area contributed by atoms with E-state index in [0.29, 0.717) is 12.8 Å². The van der Waals surface area contributed by atoms with E-state index in [1.165, 1.54) is 4.90 Å². The van der Waals surface area contributed by atoms with E-state index in [4.69, 9.17) is 14.2 Å². The van der Waals surface area contributed by atoms with Crippen molar-refractivity contribution in [2.45, 2.75) is 90.4 Å². The topological polar surface area (TPSA) is 131 Å². The fourth-order valence-electron chi connectivity index (χ4n) is 5.20. The van der Waals surface area contributed by atoms with Gasteiger partial charge in [0.25, 0.3) is 0 Å². The van der Waals surface area contributed by atoms with Crippen molar-refractivity contribution in [3.8, 4) is 0 Å². The van der Waals surface area contributed by atoms with Crippen molar-refractivity contribution in [1.29, 1.82) is 0 Å². The van der Waals surface area contributed by atoms with Gasteiger partial charge in [-0.1, -0.05) is 74.5 Å². The van der Waals surface area contributed by atoms with Crippen LogP contribution < -0.4 is 5.32 Å². The van der Waals surface area contributed by atoms with Crippen molar-refractivity contribution in [1.82, 2.24) is 15.1 Å². The number of hydrogen-bond acceptors (Lipinski definition) is 8. The zero-order valence-corrected chi connectivity index (χ0v) is 25.9. The zero-order valence-electron chi connectivity index (χ0n) is 25.9. The lowest BCUT2D eigenvalue weighted by Crippen LogP contribution is -2.55. The number of nitrogens with zero attached hydrogens (tertiary/aromatic N) is 2. The Kier molecular flexibility index (Phi) is 10.3. The number of likely N-dealkylation sites (tertiary alicyclic amines) is 1. The number of alkyl carbamates (subject to hydrolysis) is 1. The highest BCUT2D eigenvalue weighted by molar-refractivity contribution is 6.03. The van der Waals surface area contributed by atoms with Gasteiger partial charge in [-0.3, -0.25) is 9.59 Å². The van der Waals surface area contributed by atoms with Crippen LogP contribution in [0.2, 0.25) is 0 Å². The first kappa shape index (κ1) is 32.5. The molecule has 2 fully saturated rings. The molecule has 2 aliphatic rings. The van der Waals surface area contributed by atoms with Crippen molar-refractivity contribution in [2.75, 3.05) is 6.54 Å². The molecule has 1 N–H and O–H groups in total. The molecule has 11 heteroatoms. The molecule has 0 radical (unpaired) electrons. The van der Waals surface area contributed by atoms with E-state index in [1.807, 2.05) is 36.4 Å². The molecule has 2 saturated heterocycles. The van der Waals surface area contributed by atoms with E-state index in [1.54, 1.807) is 58.9 Å². The summed E-state index contributed by atoms with van der Waals surface area (Å²) in [5, 5.41) is 2.65. The minimum atomic E-state index is -1.17. The zero-order chi connectivity index (χ0) is 32.0. The van der Waals surface area contributed by atoms with Crippen LogP contribution in [-0.4, -0.2) is 76.0 Å². The van der Waals surface area contributed by atoms with E-state index in [-0.39, 0.29) is 25.7 Å². The van der Waals surface area contributed by atoms with Gasteiger partial charge in [-0.25, -0.2) is 14.4 Å². The lowest BCUT2D eigenvalue weighted by atomic mass is 10.0. The third-order valence-corrected chi connectivity index (χ3v) is 7.42. The average molecular weight is 608 g/mol. The molecule has 0 aromatic heterocycles. The molecule has 2 heterocycles. The lowest BCUT2D eigenvalue weighted by molar-refractivity contribution is -0.148. The fourth-order valence-corrected chi connectivity index (χ4v) is 5.20. The number of hydrogen-bond donors (Lipinski definition) is 1. The van der Waals surface area contributed by atoms with Crippen LogP contribution in [0.3, 0.4) is 0 Å². The second kappa shape index (κ2) is 13.9. The van der Waals surface area contributed by atoms with E-state index < -0.39 is 59.6 Å². The largest absolute Gasteiger partial charge is 0.459 e. The molecular formula is C33H41N3O8. The summed E-state index contributed by atoms with van der Waals surface area (Å²) in [5.74, 6) is -2.74. The third-order valence-electron chi connectivity index (χ3n) is 7.42. The molecule has 236 valence electrons. The number of esters is 2. The van der Waals surface area contributed by atoms with Gasteiger partial charge in [-0.2, -0.15) is 0 Å². The van der Waals surface area contributed by atoms with E-state index >= 15 is 0 Å². The predicted octanol–water partition coefficient (Wildman–Crippen LogP) is 3.59. The third kappa shape index (κ3) is 8.15. The van der Waals surface area contributed by atoms with Gasteiger partial charge >= 0.3 is 18.0 Å². The Labute approximate surface area is 257 Å². The number of benzene rings is 2. The van der Waals surface area contributed by atoms with Crippen LogP contribution in [0.15, 0.2) is 60.7 Å². The first-order valence-electron chi connectivity index (χ1n) is 14.9. The lowest BCUT2D eigenvalue weighted by Gasteiger charge is -2.31. The van der Waals surface area contributed by atoms with Crippen LogP contribution in [-0.2, 0) is 46.6 Å². The molecule has 0 aliphatic carbocycles. The maximum Gasteiger partial charge on any atom is 0.408 e. The van der Waals surface area contributed by atoms with Crippen LogP contribution in [0.5, 0.6) is 0 Å². The summed E-state index contributed by atoms with van der Waals surface area (Å²) in [6.45, 7) is 8.98. The monoisotopic (exact) mass is 607 g/mol. The Balaban J connectivity index is 1.49. The van der Waals surface area contributed by atoms with Crippen molar-refractivity contribution < 1.29 is 38.2 Å². The second-order valence-corrected chi connectivity index (χ2v) is 12.4. The normalized spacial score (nSPS) is 20.1. The van der Waals surface area contributed by atoms with Crippen LogP contribution in [0, 0.1) is 5.92 Å². The number of carbonyl (C=O) groups is 5. The average Bonchev–Trinajstić information content (AvgIpc) is 3.54. The van der Waals surface area contributed by atoms with Crippen molar-refractivity contribution in [2.24, 2.45) is 5.92 Å². The summed E-state index contributed by atoms with van der Waals surface area (Å²) in [7, 11) is 0. The molecular weight excluding hydrogens is 566 g/mol. The van der Waals surface area contributed by atoms with Gasteiger partial charge in [0.2, 0.25) is 11.8 Å². The summed E-state index contributed by atoms with van der Waals surface area (Å²) in [6.07, 6.45) is 0.148. The molecule has 11 nitrogen and oxygen atoms in total. The Morgan fingerprint density at radius 3 is 1.80 bits per heavy atom. The molecule has 0 saturated carbocycles. The van der Waals surface area contributed by atoms with Gasteiger partial charge in [0.15, 0.2) is 12.1 Å². The molecule has 44 heavy (non-hydrogen) atoms. The number of carbonyl (C=O) groups excluding carboxylic acids is 5. The quantitative estimate of drug-likeness (QED) is 0.246. The molecule has 4 atom stereocenters. The van der Waals surface area contributed by atoms with Gasteiger partial charge in [0.1, 0.15) is 30.9 Å². The minimum absolute atomic E-state index is 0.0234. The highest BCUT2D eigenvalue weighted by Gasteiger charge is 2.63. The molecule has 2 aliphatic heterocycles. The summed E-state index contributed by atoms with van der Waals surface area (Å²) < 4.78 is 16.3. The van der Waals surface area contributed by atoms with Crippen molar-refractivity contribution in [3.63, 3.8) is 0 Å². The van der Waals surface area contributed by atoms with E-state index in [2.05, 4.69) is 5.32 Å². The van der Waals surface area contributed by atoms with Crippen LogP contribution in [0.4, 0.5) is 4.79 Å². The van der Waals surface area contributed by atoms with Gasteiger partial charge in [0, 0.05) is 6.54 Å². The van der Waals surface area contributed by atoms with Crippen LogP contribution in [0.1, 0.15) is 58.6 Å². The van der Waals surface area contributed by atoms with Crippen LogP contribution in [0.25, 0.3) is 0 Å². The number of ether oxygens (including phenoxy) is 3. The standard InChI is InChI=1S/C33H41N3O8/c1-21(2)25(34-32(41)44-33(3,4)5)29(38)35-18-12-17-24(35)28(37)36-26(30(39)42-19-22-13-8-6-9-14-22)27(36)31(40)43-20-23-15-10-7-11-16-23/h6-11,13-16,21,24-27H,12,17-20H2,1-5H3,(H,34,41)/t24-,25+,26-,27-/m1/s1. The number of rotatable bonds is 10. The summed E-state index contributed by atoms with van der Waals surface area (Å²) in [5.41, 5.74) is 0.758. The highest BCUT2D eigenvalue weighted by atomic mass is 16.6. The van der Waals surface area contributed by atoms with Crippen molar-refractivity contribution in [3.05, 3.63) is 71.8 Å². The van der Waals surface area contributed by atoms with Gasteiger partial charge in [0.05, 0.1) is 0 Å². The summed E-state index contributed by atoms with van der Waals surface area (Å²) in [6, 6.07) is 13.9. The molecule has 4 rings (SSSR count). The summed E-state index contributed by atoms with van der Waals surface area (Å²) >= 11 is 0. The SMILES string of the molecule is CC(C)[C@H](NC(=O)OC(C)(C)C)C(=O)N1CCC[C@@H]1C(=O)N1[C@@H](C(=O)OCc2ccccc2)[C@@H]1C(=O)OCc1ccccc1. The van der Waals surface area contributed by atoms with Gasteiger partial charge in [-0.15, -0.1) is 0 Å². The Morgan fingerprint density at radius 2 is 1.34 bits per heavy atom. The molecule has 0 bridgehead atoms. The smallest absolute Gasteiger partial charge is 0.408 e. The maximum atomic E-state index is 13.9.